The third-order valence-electron chi connectivity index (χ3n) is 4.17. The Morgan fingerprint density at radius 3 is 2.62 bits per heavy atom. The van der Waals surface area contributed by atoms with Crippen molar-refractivity contribution in [1.82, 2.24) is 10.2 Å². The van der Waals surface area contributed by atoms with Gasteiger partial charge in [-0.1, -0.05) is 0 Å². The molecule has 0 aromatic rings. The van der Waals surface area contributed by atoms with Crippen LogP contribution in [0.4, 0.5) is 0 Å². The van der Waals surface area contributed by atoms with E-state index in [4.69, 9.17) is 4.74 Å². The largest absolute Gasteiger partial charge is 0.377 e. The van der Waals surface area contributed by atoms with E-state index in [0.29, 0.717) is 12.1 Å². The van der Waals surface area contributed by atoms with E-state index in [2.05, 4.69) is 24.2 Å². The topological polar surface area (TPSA) is 24.5 Å². The fourth-order valence-corrected chi connectivity index (χ4v) is 2.82. The van der Waals surface area contributed by atoms with Gasteiger partial charge in [-0.05, 0) is 65.2 Å². The molecule has 0 spiro atoms. The molecule has 94 valence electrons. The summed E-state index contributed by atoms with van der Waals surface area (Å²) in [6.07, 6.45) is 5.72. The second-order valence-corrected chi connectivity index (χ2v) is 5.46. The van der Waals surface area contributed by atoms with E-state index < -0.39 is 0 Å². The van der Waals surface area contributed by atoms with Gasteiger partial charge < -0.3 is 15.0 Å². The van der Waals surface area contributed by atoms with Gasteiger partial charge in [0.05, 0.1) is 6.10 Å². The highest BCUT2D eigenvalue weighted by Crippen LogP contribution is 2.19. The lowest BCUT2D eigenvalue weighted by Crippen LogP contribution is -2.37. The number of nitrogens with one attached hydrogen (secondary N) is 1. The number of hydrogen-bond donors (Lipinski definition) is 1. The smallest absolute Gasteiger partial charge is 0.0700 e. The Labute approximate surface area is 99.5 Å². The van der Waals surface area contributed by atoms with E-state index in [1.54, 1.807) is 0 Å². The van der Waals surface area contributed by atoms with Crippen molar-refractivity contribution in [1.29, 1.82) is 0 Å². The first-order valence-electron chi connectivity index (χ1n) is 6.79. The van der Waals surface area contributed by atoms with Crippen molar-refractivity contribution < 1.29 is 4.74 Å². The first kappa shape index (κ1) is 12.3. The van der Waals surface area contributed by atoms with Crippen LogP contribution >= 0.6 is 0 Å². The van der Waals surface area contributed by atoms with E-state index in [0.717, 1.165) is 12.5 Å². The zero-order valence-electron chi connectivity index (χ0n) is 10.7. The summed E-state index contributed by atoms with van der Waals surface area (Å²) in [6.45, 7) is 6.86. The second kappa shape index (κ2) is 5.99. The molecule has 2 unspecified atom stereocenters. The number of nitrogens with zero attached hydrogens (tertiary/aromatic N) is 1. The lowest BCUT2D eigenvalue weighted by molar-refractivity contribution is 0.112. The Hall–Kier alpha value is -0.120. The summed E-state index contributed by atoms with van der Waals surface area (Å²) in [5, 5.41) is 3.65. The first-order chi connectivity index (χ1) is 7.75. The highest BCUT2D eigenvalue weighted by Gasteiger charge is 2.23. The summed E-state index contributed by atoms with van der Waals surface area (Å²) in [5.41, 5.74) is 0. The summed E-state index contributed by atoms with van der Waals surface area (Å²) in [6, 6.07) is 0.603. The molecule has 2 heterocycles. The van der Waals surface area contributed by atoms with Crippen molar-refractivity contribution in [3.05, 3.63) is 0 Å². The normalized spacial score (nSPS) is 33.4. The molecule has 0 aromatic heterocycles. The van der Waals surface area contributed by atoms with Gasteiger partial charge >= 0.3 is 0 Å². The van der Waals surface area contributed by atoms with Crippen LogP contribution in [0.3, 0.4) is 0 Å². The predicted molar refractivity (Wildman–Crippen MR) is 66.7 cm³/mol. The van der Waals surface area contributed by atoms with Crippen LogP contribution in [-0.2, 0) is 4.74 Å². The number of hydrogen-bond acceptors (Lipinski definition) is 3. The molecular formula is C13H26N2O. The molecule has 0 amide bonds. The lowest BCUT2D eigenvalue weighted by Gasteiger charge is -2.29. The van der Waals surface area contributed by atoms with Crippen LogP contribution in [0.2, 0.25) is 0 Å². The molecule has 0 saturated carbocycles. The van der Waals surface area contributed by atoms with Gasteiger partial charge in [0.25, 0.3) is 0 Å². The lowest BCUT2D eigenvalue weighted by atomic mass is 9.93. The van der Waals surface area contributed by atoms with Gasteiger partial charge in [-0.2, -0.15) is 0 Å². The van der Waals surface area contributed by atoms with Crippen molar-refractivity contribution in [3.8, 4) is 0 Å². The molecule has 3 nitrogen and oxygen atoms in total. The van der Waals surface area contributed by atoms with Gasteiger partial charge in [-0.3, -0.25) is 0 Å². The predicted octanol–water partition coefficient (Wildman–Crippen LogP) is 1.49. The molecule has 1 N–H and O–H groups in total. The van der Waals surface area contributed by atoms with Crippen LogP contribution < -0.4 is 5.32 Å². The Morgan fingerprint density at radius 2 is 2.00 bits per heavy atom. The average molecular weight is 226 g/mol. The van der Waals surface area contributed by atoms with Crippen molar-refractivity contribution >= 4 is 0 Å². The molecule has 2 aliphatic heterocycles. The van der Waals surface area contributed by atoms with Gasteiger partial charge in [0.2, 0.25) is 0 Å². The summed E-state index contributed by atoms with van der Waals surface area (Å²) in [7, 11) is 2.23. The maximum atomic E-state index is 5.55. The minimum absolute atomic E-state index is 0.414. The maximum Gasteiger partial charge on any atom is 0.0700 e. The Kier molecular flexibility index (Phi) is 4.62. The van der Waals surface area contributed by atoms with E-state index in [1.807, 2.05) is 0 Å². The first-order valence-corrected chi connectivity index (χ1v) is 6.79. The van der Waals surface area contributed by atoms with Crippen LogP contribution in [0.15, 0.2) is 0 Å². The SMILES string of the molecule is CC1OCCC1NCCC1CCN(C)CC1. The van der Waals surface area contributed by atoms with Gasteiger partial charge in [0.1, 0.15) is 0 Å². The third kappa shape index (κ3) is 3.44. The van der Waals surface area contributed by atoms with Crippen LogP contribution in [0.1, 0.15) is 32.6 Å². The van der Waals surface area contributed by atoms with E-state index in [-0.39, 0.29) is 0 Å². The van der Waals surface area contributed by atoms with Gasteiger partial charge in [-0.25, -0.2) is 0 Å². The van der Waals surface area contributed by atoms with Gasteiger partial charge in [-0.15, -0.1) is 0 Å². The third-order valence-corrected chi connectivity index (χ3v) is 4.17. The molecule has 2 atom stereocenters. The molecule has 0 aliphatic carbocycles. The average Bonchev–Trinajstić information content (AvgIpc) is 2.68. The quantitative estimate of drug-likeness (QED) is 0.786. The van der Waals surface area contributed by atoms with Gasteiger partial charge in [0.15, 0.2) is 0 Å². The Morgan fingerprint density at radius 1 is 1.25 bits per heavy atom. The number of likely N-dealkylation sites (tertiary alicyclic amines) is 1. The standard InChI is InChI=1S/C13H26N2O/c1-11-13(6-10-16-11)14-7-3-12-4-8-15(2)9-5-12/h11-14H,3-10H2,1-2H3. The zero-order chi connectivity index (χ0) is 11.4. The highest BCUT2D eigenvalue weighted by molar-refractivity contribution is 4.79. The van der Waals surface area contributed by atoms with Crippen molar-refractivity contribution in [2.24, 2.45) is 5.92 Å². The van der Waals surface area contributed by atoms with Gasteiger partial charge in [0, 0.05) is 12.6 Å². The molecule has 2 fully saturated rings. The number of piperidine rings is 1. The molecule has 2 saturated heterocycles. The molecule has 0 aromatic carbocycles. The van der Waals surface area contributed by atoms with E-state index >= 15 is 0 Å². The minimum Gasteiger partial charge on any atom is -0.377 e. The molecule has 16 heavy (non-hydrogen) atoms. The summed E-state index contributed by atoms with van der Waals surface area (Å²) in [4.78, 5) is 2.44. The molecular weight excluding hydrogens is 200 g/mol. The van der Waals surface area contributed by atoms with E-state index in [9.17, 15) is 0 Å². The molecule has 2 aliphatic rings. The zero-order valence-corrected chi connectivity index (χ0v) is 10.7. The van der Waals surface area contributed by atoms with Crippen LogP contribution in [0, 0.1) is 5.92 Å². The Balaban J connectivity index is 1.57. The number of ether oxygens (including phenoxy) is 1. The van der Waals surface area contributed by atoms with Crippen molar-refractivity contribution in [2.45, 2.75) is 44.8 Å². The van der Waals surface area contributed by atoms with Crippen molar-refractivity contribution in [3.63, 3.8) is 0 Å². The summed E-state index contributed by atoms with van der Waals surface area (Å²) < 4.78 is 5.55. The maximum absolute atomic E-state index is 5.55. The second-order valence-electron chi connectivity index (χ2n) is 5.46. The van der Waals surface area contributed by atoms with E-state index in [1.165, 1.54) is 45.3 Å². The minimum atomic E-state index is 0.414. The molecule has 0 radical (unpaired) electrons. The summed E-state index contributed by atoms with van der Waals surface area (Å²) >= 11 is 0. The fraction of sp³-hybridized carbons (Fsp3) is 1.00. The van der Waals surface area contributed by atoms with Crippen LogP contribution in [0.25, 0.3) is 0 Å². The molecule has 3 heteroatoms. The highest BCUT2D eigenvalue weighted by atomic mass is 16.5. The summed E-state index contributed by atoms with van der Waals surface area (Å²) in [5.74, 6) is 0.946. The Bertz CT molecular complexity index is 202. The van der Waals surface area contributed by atoms with Crippen molar-refractivity contribution in [2.75, 3.05) is 33.3 Å². The van der Waals surface area contributed by atoms with Crippen LogP contribution in [-0.4, -0.2) is 50.3 Å². The molecule has 2 rings (SSSR count). The fourth-order valence-electron chi connectivity index (χ4n) is 2.82. The molecule has 0 bridgehead atoms. The number of rotatable bonds is 4. The van der Waals surface area contributed by atoms with Crippen LogP contribution in [0.5, 0.6) is 0 Å². The monoisotopic (exact) mass is 226 g/mol.